The highest BCUT2D eigenvalue weighted by Crippen LogP contribution is 2.29. The molecule has 21 heavy (non-hydrogen) atoms. The number of carbonyl (C=O) groups is 2. The van der Waals surface area contributed by atoms with Gasteiger partial charge in [-0.2, -0.15) is 0 Å². The van der Waals surface area contributed by atoms with Crippen LogP contribution in [-0.2, 0) is 14.8 Å². The molecule has 0 bridgehead atoms. The number of anilines is 1. The van der Waals surface area contributed by atoms with E-state index in [2.05, 4.69) is 20.9 Å². The van der Waals surface area contributed by atoms with Crippen LogP contribution >= 0.6 is 15.9 Å². The van der Waals surface area contributed by atoms with Gasteiger partial charge in [-0.3, -0.25) is 4.79 Å². The van der Waals surface area contributed by atoms with Crippen LogP contribution in [0.1, 0.15) is 16.9 Å². The molecule has 2 rings (SSSR count). The third-order valence-electron chi connectivity index (χ3n) is 3.00. The Kier molecular flexibility index (Phi) is 4.30. The summed E-state index contributed by atoms with van der Waals surface area (Å²) in [7, 11) is -3.69. The van der Waals surface area contributed by atoms with Gasteiger partial charge in [0.2, 0.25) is 15.9 Å². The summed E-state index contributed by atoms with van der Waals surface area (Å²) in [6.45, 7) is 0.0909. The molecule has 1 aliphatic rings. The predicted molar refractivity (Wildman–Crippen MR) is 77.3 cm³/mol. The number of nitrogens with two attached hydrogens (primary N) is 1. The van der Waals surface area contributed by atoms with E-state index in [1.54, 1.807) is 0 Å². The number of hydrogen-bond donors (Lipinski definition) is 2. The van der Waals surface area contributed by atoms with Crippen molar-refractivity contribution in [1.29, 1.82) is 0 Å². The third kappa shape index (κ3) is 3.77. The van der Waals surface area contributed by atoms with Crippen LogP contribution in [0.25, 0.3) is 0 Å². The van der Waals surface area contributed by atoms with Gasteiger partial charge in [0, 0.05) is 29.6 Å². The van der Waals surface area contributed by atoms with Crippen molar-refractivity contribution in [2.24, 2.45) is 11.1 Å². The number of hydrogen-bond acceptors (Lipinski definition) is 5. The molecule has 2 heterocycles. The van der Waals surface area contributed by atoms with E-state index in [-0.39, 0.29) is 36.0 Å². The standard InChI is InChI=1S/C11H12BrN3O5S/c12-7-2-8(10(11(17)18)14-3-7)15-4-6(1-9(15)16)5-21(13,19)20/h2-3,6H,1,4-5H2,(H,17,18)(H2,13,19,20). The molecule has 1 aliphatic heterocycles. The first-order chi connectivity index (χ1) is 9.67. The van der Waals surface area contributed by atoms with Gasteiger partial charge >= 0.3 is 5.97 Å². The maximum absolute atomic E-state index is 12.0. The van der Waals surface area contributed by atoms with E-state index >= 15 is 0 Å². The molecule has 1 unspecified atom stereocenters. The van der Waals surface area contributed by atoms with E-state index in [1.807, 2.05) is 0 Å². The van der Waals surface area contributed by atoms with Crippen LogP contribution < -0.4 is 10.0 Å². The van der Waals surface area contributed by atoms with Crippen LogP contribution in [0.5, 0.6) is 0 Å². The van der Waals surface area contributed by atoms with Crippen LogP contribution in [0.3, 0.4) is 0 Å². The van der Waals surface area contributed by atoms with Gasteiger partial charge < -0.3 is 10.0 Å². The van der Waals surface area contributed by atoms with Crippen LogP contribution in [0.2, 0.25) is 0 Å². The lowest BCUT2D eigenvalue weighted by atomic mass is 10.1. The first kappa shape index (κ1) is 15.9. The van der Waals surface area contributed by atoms with Crippen molar-refractivity contribution in [3.63, 3.8) is 0 Å². The summed E-state index contributed by atoms with van der Waals surface area (Å²) in [5.41, 5.74) is -0.124. The van der Waals surface area contributed by atoms with E-state index in [0.717, 1.165) is 0 Å². The molecule has 114 valence electrons. The number of amides is 1. The monoisotopic (exact) mass is 377 g/mol. The lowest BCUT2D eigenvalue weighted by molar-refractivity contribution is -0.117. The number of carboxylic acid groups (broad SMARTS) is 1. The second kappa shape index (κ2) is 5.70. The van der Waals surface area contributed by atoms with Crippen molar-refractivity contribution in [3.05, 3.63) is 22.4 Å². The summed E-state index contributed by atoms with van der Waals surface area (Å²) in [6, 6.07) is 1.47. The summed E-state index contributed by atoms with van der Waals surface area (Å²) in [5.74, 6) is -2.40. The van der Waals surface area contributed by atoms with E-state index in [1.165, 1.54) is 17.2 Å². The number of sulfonamides is 1. The van der Waals surface area contributed by atoms with Gasteiger partial charge in [-0.25, -0.2) is 23.3 Å². The molecule has 0 spiro atoms. The number of aromatic nitrogens is 1. The highest BCUT2D eigenvalue weighted by Gasteiger charge is 2.35. The quantitative estimate of drug-likeness (QED) is 0.769. The molecular weight excluding hydrogens is 366 g/mol. The molecule has 0 aromatic carbocycles. The van der Waals surface area contributed by atoms with Crippen LogP contribution in [-0.4, -0.2) is 42.7 Å². The average Bonchev–Trinajstić information content (AvgIpc) is 2.66. The second-order valence-corrected chi connectivity index (χ2v) is 7.31. The maximum atomic E-state index is 12.0. The first-order valence-electron chi connectivity index (χ1n) is 5.87. The second-order valence-electron chi connectivity index (χ2n) is 4.73. The average molecular weight is 378 g/mol. The number of rotatable bonds is 4. The molecule has 10 heteroatoms. The minimum Gasteiger partial charge on any atom is -0.476 e. The van der Waals surface area contributed by atoms with Gasteiger partial charge in [-0.15, -0.1) is 0 Å². The first-order valence-corrected chi connectivity index (χ1v) is 8.38. The van der Waals surface area contributed by atoms with Gasteiger partial charge in [0.25, 0.3) is 0 Å². The topological polar surface area (TPSA) is 131 Å². The summed E-state index contributed by atoms with van der Waals surface area (Å²) < 4.78 is 22.7. The van der Waals surface area contributed by atoms with E-state index in [4.69, 9.17) is 10.2 Å². The Hall–Kier alpha value is -1.52. The Labute approximate surface area is 129 Å². The zero-order valence-corrected chi connectivity index (χ0v) is 13.1. The number of halogens is 1. The molecule has 8 nitrogen and oxygen atoms in total. The van der Waals surface area contributed by atoms with E-state index < -0.39 is 21.9 Å². The summed E-state index contributed by atoms with van der Waals surface area (Å²) >= 11 is 3.17. The number of carbonyl (C=O) groups excluding carboxylic acids is 1. The van der Waals surface area contributed by atoms with Crippen LogP contribution in [0.4, 0.5) is 5.69 Å². The Morgan fingerprint density at radius 3 is 2.81 bits per heavy atom. The number of nitrogens with zero attached hydrogens (tertiary/aromatic N) is 2. The summed E-state index contributed by atoms with van der Waals surface area (Å²) in [5, 5.41) is 14.1. The van der Waals surface area contributed by atoms with Crippen molar-refractivity contribution in [2.75, 3.05) is 17.2 Å². The molecule has 0 radical (unpaired) electrons. The van der Waals surface area contributed by atoms with Gasteiger partial charge in [0.1, 0.15) is 0 Å². The van der Waals surface area contributed by atoms with Gasteiger partial charge in [-0.05, 0) is 22.0 Å². The number of pyridine rings is 1. The SMILES string of the molecule is NS(=O)(=O)CC1CC(=O)N(c2cc(Br)cnc2C(=O)O)C1. The van der Waals surface area contributed by atoms with E-state index in [9.17, 15) is 18.0 Å². The zero-order valence-electron chi connectivity index (χ0n) is 10.7. The fourth-order valence-electron chi connectivity index (χ4n) is 2.25. The maximum Gasteiger partial charge on any atom is 0.356 e. The molecule has 1 aromatic heterocycles. The minimum absolute atomic E-state index is 0.00199. The molecule has 1 amide bonds. The zero-order chi connectivity index (χ0) is 15.8. The molecule has 1 fully saturated rings. The third-order valence-corrected chi connectivity index (χ3v) is 4.37. The number of carboxylic acids is 1. The highest BCUT2D eigenvalue weighted by molar-refractivity contribution is 9.10. The normalized spacial score (nSPS) is 19.0. The van der Waals surface area contributed by atoms with Gasteiger partial charge in [0.15, 0.2) is 5.69 Å². The van der Waals surface area contributed by atoms with Crippen molar-refractivity contribution >= 4 is 43.5 Å². The Morgan fingerprint density at radius 1 is 1.57 bits per heavy atom. The van der Waals surface area contributed by atoms with Crippen molar-refractivity contribution in [1.82, 2.24) is 4.98 Å². The molecule has 1 aromatic rings. The Balaban J connectivity index is 2.33. The molecule has 0 saturated carbocycles. The molecule has 3 N–H and O–H groups in total. The summed E-state index contributed by atoms with van der Waals surface area (Å²) in [4.78, 5) is 28.2. The van der Waals surface area contributed by atoms with Crippen molar-refractivity contribution < 1.29 is 23.1 Å². The molecule has 0 aliphatic carbocycles. The molecular formula is C11H12BrN3O5S. The van der Waals surface area contributed by atoms with Gasteiger partial charge in [0.05, 0.1) is 11.4 Å². The van der Waals surface area contributed by atoms with Crippen molar-refractivity contribution in [3.8, 4) is 0 Å². The fraction of sp³-hybridized carbons (Fsp3) is 0.364. The van der Waals surface area contributed by atoms with Crippen LogP contribution in [0, 0.1) is 5.92 Å². The molecule has 1 saturated heterocycles. The summed E-state index contributed by atoms with van der Waals surface area (Å²) in [6.07, 6.45) is 1.32. The smallest absolute Gasteiger partial charge is 0.356 e. The number of aromatic carboxylic acids is 1. The van der Waals surface area contributed by atoms with Crippen molar-refractivity contribution in [2.45, 2.75) is 6.42 Å². The highest BCUT2D eigenvalue weighted by atomic mass is 79.9. The largest absolute Gasteiger partial charge is 0.476 e. The van der Waals surface area contributed by atoms with Gasteiger partial charge in [-0.1, -0.05) is 0 Å². The molecule has 1 atom stereocenters. The predicted octanol–water partition coefficient (Wildman–Crippen LogP) is 0.184. The van der Waals surface area contributed by atoms with E-state index in [0.29, 0.717) is 4.47 Å². The number of primary sulfonamides is 1. The Morgan fingerprint density at radius 2 is 2.24 bits per heavy atom. The lowest BCUT2D eigenvalue weighted by Gasteiger charge is -2.18. The van der Waals surface area contributed by atoms with Crippen LogP contribution in [0.15, 0.2) is 16.7 Å². The Bertz CT molecular complexity index is 706. The lowest BCUT2D eigenvalue weighted by Crippen LogP contribution is -2.29. The minimum atomic E-state index is -3.69. The fourth-order valence-corrected chi connectivity index (χ4v) is 3.45.